The summed E-state index contributed by atoms with van der Waals surface area (Å²) < 4.78 is 0. The highest BCUT2D eigenvalue weighted by Gasteiger charge is 2.24. The fourth-order valence-corrected chi connectivity index (χ4v) is 3.15. The molecule has 126 valence electrons. The molecule has 3 rings (SSSR count). The molecule has 1 aromatic carbocycles. The maximum absolute atomic E-state index is 10.7. The summed E-state index contributed by atoms with van der Waals surface area (Å²) in [6, 6.07) is 9.17. The molecule has 2 heterocycles. The lowest BCUT2D eigenvalue weighted by molar-refractivity contribution is -0.384. The molecule has 1 aromatic heterocycles. The first kappa shape index (κ1) is 16.3. The van der Waals surface area contributed by atoms with E-state index in [-0.39, 0.29) is 10.6 Å². The third-order valence-electron chi connectivity index (χ3n) is 4.51. The maximum atomic E-state index is 10.7. The molecule has 0 aliphatic carbocycles. The zero-order valence-corrected chi connectivity index (χ0v) is 13.7. The van der Waals surface area contributed by atoms with Crippen LogP contribution < -0.4 is 4.90 Å². The van der Waals surface area contributed by atoms with Gasteiger partial charge in [-0.1, -0.05) is 12.1 Å². The highest BCUT2D eigenvalue weighted by Crippen LogP contribution is 2.21. The summed E-state index contributed by atoms with van der Waals surface area (Å²) in [5.74, 6) is 0.937. The molecule has 1 saturated heterocycles. The molecule has 0 N–H and O–H groups in total. The Labute approximate surface area is 141 Å². The Balaban J connectivity index is 1.62. The van der Waals surface area contributed by atoms with Gasteiger partial charge in [-0.25, -0.2) is 9.97 Å². The minimum atomic E-state index is -0.364. The lowest BCUT2D eigenvalue weighted by atomic mass is 10.0. The Morgan fingerprint density at radius 1 is 1.33 bits per heavy atom. The minimum absolute atomic E-state index is 0.138. The maximum Gasteiger partial charge on any atom is 0.269 e. The number of nitro groups is 1. The van der Waals surface area contributed by atoms with E-state index in [0.717, 1.165) is 43.9 Å². The average Bonchev–Trinajstić information content (AvgIpc) is 2.62. The van der Waals surface area contributed by atoms with Gasteiger partial charge in [-0.15, -0.1) is 0 Å². The number of non-ortho nitro benzene ring substituents is 1. The van der Waals surface area contributed by atoms with E-state index in [9.17, 15) is 10.1 Å². The molecule has 0 saturated carbocycles. The molecule has 24 heavy (non-hydrogen) atoms. The zero-order chi connectivity index (χ0) is 16.9. The van der Waals surface area contributed by atoms with Gasteiger partial charge in [-0.05, 0) is 31.0 Å². The van der Waals surface area contributed by atoms with Crippen molar-refractivity contribution in [2.75, 3.05) is 25.0 Å². The Bertz CT molecular complexity index is 677. The number of piperidine rings is 1. The summed E-state index contributed by atoms with van der Waals surface area (Å²) in [7, 11) is 2.07. The van der Waals surface area contributed by atoms with Gasteiger partial charge < -0.3 is 4.90 Å². The van der Waals surface area contributed by atoms with Crippen molar-refractivity contribution in [1.82, 2.24) is 14.9 Å². The van der Waals surface area contributed by atoms with E-state index in [2.05, 4.69) is 26.8 Å². The number of rotatable bonds is 5. The van der Waals surface area contributed by atoms with Crippen LogP contribution in [0.1, 0.15) is 18.4 Å². The molecule has 1 aliphatic heterocycles. The lowest BCUT2D eigenvalue weighted by Crippen LogP contribution is -2.46. The molecule has 0 radical (unpaired) electrons. The molecular formula is C17H21N5O2. The fourth-order valence-electron chi connectivity index (χ4n) is 3.15. The molecule has 1 fully saturated rings. The number of hydrogen-bond donors (Lipinski definition) is 0. The second kappa shape index (κ2) is 7.35. The van der Waals surface area contributed by atoms with Crippen molar-refractivity contribution in [2.45, 2.75) is 25.4 Å². The second-order valence-corrected chi connectivity index (χ2v) is 6.13. The topological polar surface area (TPSA) is 75.4 Å². The van der Waals surface area contributed by atoms with Crippen LogP contribution in [0, 0.1) is 10.1 Å². The number of aromatic nitrogens is 2. The van der Waals surface area contributed by atoms with Gasteiger partial charge in [0, 0.05) is 44.5 Å². The van der Waals surface area contributed by atoms with E-state index in [1.807, 2.05) is 18.2 Å². The molecule has 7 heteroatoms. The van der Waals surface area contributed by atoms with E-state index in [1.165, 1.54) is 0 Å². The number of hydrogen-bond acceptors (Lipinski definition) is 6. The van der Waals surface area contributed by atoms with Gasteiger partial charge in [0.1, 0.15) is 12.1 Å². The van der Waals surface area contributed by atoms with Crippen molar-refractivity contribution in [3.63, 3.8) is 0 Å². The zero-order valence-electron chi connectivity index (χ0n) is 13.7. The van der Waals surface area contributed by atoms with Crippen LogP contribution in [0.15, 0.2) is 42.9 Å². The smallest absolute Gasteiger partial charge is 0.269 e. The summed E-state index contributed by atoms with van der Waals surface area (Å²) in [4.78, 5) is 23.3. The predicted molar refractivity (Wildman–Crippen MR) is 91.8 cm³/mol. The number of nitro benzene ring substituents is 1. The fraction of sp³-hybridized carbons (Fsp3) is 0.412. The minimum Gasteiger partial charge on any atom is -0.355 e. The van der Waals surface area contributed by atoms with Crippen molar-refractivity contribution >= 4 is 11.5 Å². The molecule has 0 bridgehead atoms. The lowest BCUT2D eigenvalue weighted by Gasteiger charge is -2.38. The van der Waals surface area contributed by atoms with Gasteiger partial charge in [-0.2, -0.15) is 0 Å². The molecule has 1 aliphatic rings. The quantitative estimate of drug-likeness (QED) is 0.620. The van der Waals surface area contributed by atoms with Gasteiger partial charge >= 0.3 is 0 Å². The van der Waals surface area contributed by atoms with Crippen LogP contribution in [0.25, 0.3) is 0 Å². The molecule has 1 unspecified atom stereocenters. The largest absolute Gasteiger partial charge is 0.355 e. The van der Waals surface area contributed by atoms with Crippen molar-refractivity contribution in [2.24, 2.45) is 0 Å². The van der Waals surface area contributed by atoms with Gasteiger partial charge in [0.25, 0.3) is 5.69 Å². The van der Waals surface area contributed by atoms with Crippen LogP contribution in [-0.2, 0) is 6.54 Å². The van der Waals surface area contributed by atoms with Crippen LogP contribution in [0.2, 0.25) is 0 Å². The number of nitrogens with zero attached hydrogens (tertiary/aromatic N) is 5. The highest BCUT2D eigenvalue weighted by molar-refractivity contribution is 5.37. The van der Waals surface area contributed by atoms with Crippen LogP contribution in [0.5, 0.6) is 0 Å². The van der Waals surface area contributed by atoms with Crippen LogP contribution >= 0.6 is 0 Å². The molecule has 0 spiro atoms. The Hall–Kier alpha value is -2.54. The predicted octanol–water partition coefficient (Wildman–Crippen LogP) is 2.49. The van der Waals surface area contributed by atoms with Crippen LogP contribution in [0.4, 0.5) is 11.5 Å². The van der Waals surface area contributed by atoms with E-state index < -0.39 is 0 Å². The van der Waals surface area contributed by atoms with Crippen molar-refractivity contribution in [3.05, 3.63) is 58.5 Å². The van der Waals surface area contributed by atoms with Gasteiger partial charge in [0.15, 0.2) is 0 Å². The van der Waals surface area contributed by atoms with Gasteiger partial charge in [0.2, 0.25) is 0 Å². The molecule has 2 aromatic rings. The first-order chi connectivity index (χ1) is 11.6. The summed E-state index contributed by atoms with van der Waals surface area (Å²) in [6.45, 7) is 2.81. The summed E-state index contributed by atoms with van der Waals surface area (Å²) in [5, 5.41) is 10.7. The standard InChI is InChI=1S/C17H21N5O2/c1-20(17-8-9-18-13-19-17)16-3-2-10-21(12-16)11-14-4-6-15(7-5-14)22(23)24/h4-9,13,16H,2-3,10-12H2,1H3. The first-order valence-corrected chi connectivity index (χ1v) is 8.08. The van der Waals surface area contributed by atoms with Crippen molar-refractivity contribution in [1.29, 1.82) is 0 Å². The Kier molecular flexibility index (Phi) is 5.00. The third kappa shape index (κ3) is 3.86. The average molecular weight is 327 g/mol. The van der Waals surface area contributed by atoms with Crippen LogP contribution in [0.3, 0.4) is 0 Å². The van der Waals surface area contributed by atoms with Crippen molar-refractivity contribution < 1.29 is 4.92 Å². The number of likely N-dealkylation sites (N-methyl/N-ethyl adjacent to an activating group) is 1. The van der Waals surface area contributed by atoms with Crippen LogP contribution in [-0.4, -0.2) is 46.0 Å². The highest BCUT2D eigenvalue weighted by atomic mass is 16.6. The van der Waals surface area contributed by atoms with E-state index in [4.69, 9.17) is 0 Å². The molecule has 7 nitrogen and oxygen atoms in total. The number of anilines is 1. The van der Waals surface area contributed by atoms with E-state index in [0.29, 0.717) is 6.04 Å². The second-order valence-electron chi connectivity index (χ2n) is 6.13. The van der Waals surface area contributed by atoms with E-state index >= 15 is 0 Å². The van der Waals surface area contributed by atoms with Gasteiger partial charge in [0.05, 0.1) is 4.92 Å². The summed E-state index contributed by atoms with van der Waals surface area (Å²) in [6.07, 6.45) is 5.60. The van der Waals surface area contributed by atoms with E-state index in [1.54, 1.807) is 24.7 Å². The SMILES string of the molecule is CN(c1ccncn1)C1CCCN(Cc2ccc([N+](=O)[O-])cc2)C1. The summed E-state index contributed by atoms with van der Waals surface area (Å²) in [5.41, 5.74) is 1.24. The number of likely N-dealkylation sites (tertiary alicyclic amines) is 1. The molecular weight excluding hydrogens is 306 g/mol. The molecule has 1 atom stereocenters. The monoisotopic (exact) mass is 327 g/mol. The Morgan fingerprint density at radius 2 is 2.12 bits per heavy atom. The molecule has 0 amide bonds. The summed E-state index contributed by atoms with van der Waals surface area (Å²) >= 11 is 0. The third-order valence-corrected chi connectivity index (χ3v) is 4.51. The first-order valence-electron chi connectivity index (χ1n) is 8.08. The van der Waals surface area contributed by atoms with Crippen molar-refractivity contribution in [3.8, 4) is 0 Å². The Morgan fingerprint density at radius 3 is 2.79 bits per heavy atom. The van der Waals surface area contributed by atoms with Gasteiger partial charge in [-0.3, -0.25) is 15.0 Å². The normalized spacial score (nSPS) is 18.3. The number of benzene rings is 1.